The van der Waals surface area contributed by atoms with E-state index in [9.17, 15) is 4.79 Å². The van der Waals surface area contributed by atoms with Gasteiger partial charge in [0, 0.05) is 29.3 Å². The van der Waals surface area contributed by atoms with Crippen LogP contribution in [0.3, 0.4) is 0 Å². The summed E-state index contributed by atoms with van der Waals surface area (Å²) in [5.74, 6) is 0.571. The Hall–Kier alpha value is -3.33. The van der Waals surface area contributed by atoms with Gasteiger partial charge in [-0.05, 0) is 53.3 Å². The molecule has 0 aliphatic rings. The van der Waals surface area contributed by atoms with Crippen molar-refractivity contribution in [3.05, 3.63) is 119 Å². The van der Waals surface area contributed by atoms with Crippen LogP contribution in [0.4, 0.5) is 0 Å². The van der Waals surface area contributed by atoms with Gasteiger partial charge in [0.25, 0.3) is 0 Å². The van der Waals surface area contributed by atoms with Crippen molar-refractivity contribution >= 4 is 6.29 Å². The van der Waals surface area contributed by atoms with Gasteiger partial charge in [-0.1, -0.05) is 55.5 Å². The minimum Gasteiger partial charge on any atom is -0.364 e. The van der Waals surface area contributed by atoms with Crippen LogP contribution < -0.4 is 0 Å². The third kappa shape index (κ3) is 3.84. The highest BCUT2D eigenvalue weighted by Gasteiger charge is 2.18. The molecule has 2 aromatic heterocycles. The summed E-state index contributed by atoms with van der Waals surface area (Å²) in [5, 5.41) is 0. The molecule has 0 bridgehead atoms. The smallest absolute Gasteiger partial charge is 0.150 e. The van der Waals surface area contributed by atoms with Crippen LogP contribution in [-0.4, -0.2) is 16.3 Å². The first-order chi connectivity index (χ1) is 13.7. The first kappa shape index (κ1) is 18.1. The molecule has 0 aliphatic carbocycles. The van der Waals surface area contributed by atoms with Crippen LogP contribution in [0.25, 0.3) is 0 Å². The zero-order valence-electron chi connectivity index (χ0n) is 15.9. The second-order valence-electron chi connectivity index (χ2n) is 7.32. The Morgan fingerprint density at radius 2 is 1.36 bits per heavy atom. The van der Waals surface area contributed by atoms with Crippen LogP contribution in [0.5, 0.6) is 0 Å². The van der Waals surface area contributed by atoms with E-state index in [1.807, 2.05) is 36.7 Å². The van der Waals surface area contributed by atoms with Crippen molar-refractivity contribution in [1.29, 1.82) is 0 Å². The summed E-state index contributed by atoms with van der Waals surface area (Å²) in [6.07, 6.45) is 5.79. The maximum atomic E-state index is 10.8. The van der Waals surface area contributed by atoms with Gasteiger partial charge in [-0.15, -0.1) is 0 Å². The normalized spacial score (nSPS) is 12.2. The fraction of sp³-hybridized carbons (Fsp3) is 0.160. The van der Waals surface area contributed by atoms with Crippen molar-refractivity contribution in [2.75, 3.05) is 0 Å². The maximum absolute atomic E-state index is 10.8. The third-order valence-corrected chi connectivity index (χ3v) is 5.36. The molecule has 3 heteroatoms. The van der Waals surface area contributed by atoms with Crippen molar-refractivity contribution in [3.63, 3.8) is 0 Å². The van der Waals surface area contributed by atoms with E-state index in [1.165, 1.54) is 28.1 Å². The Bertz CT molecular complexity index is 963. The van der Waals surface area contributed by atoms with E-state index in [0.29, 0.717) is 5.92 Å². The molecular formula is C25H24N2O. The van der Waals surface area contributed by atoms with Gasteiger partial charge in [0.15, 0.2) is 0 Å². The number of aromatic amines is 2. The number of rotatable bonds is 7. The summed E-state index contributed by atoms with van der Waals surface area (Å²) in [5.41, 5.74) is 6.91. The van der Waals surface area contributed by atoms with Crippen molar-refractivity contribution in [3.8, 4) is 0 Å². The molecule has 4 aromatic rings. The van der Waals surface area contributed by atoms with E-state index in [1.54, 1.807) is 0 Å². The lowest BCUT2D eigenvalue weighted by Gasteiger charge is -2.17. The molecule has 0 amide bonds. The quantitative estimate of drug-likeness (QED) is 0.405. The second-order valence-corrected chi connectivity index (χ2v) is 7.32. The van der Waals surface area contributed by atoms with Crippen LogP contribution in [-0.2, 0) is 6.42 Å². The highest BCUT2D eigenvalue weighted by atomic mass is 16.1. The molecule has 0 aliphatic heterocycles. The van der Waals surface area contributed by atoms with Gasteiger partial charge >= 0.3 is 0 Å². The maximum Gasteiger partial charge on any atom is 0.150 e. The van der Waals surface area contributed by atoms with Gasteiger partial charge in [0.1, 0.15) is 6.29 Å². The standard InChI is InChI=1S/C25H24N2O/c1-18(21-10-8-20(17-28)9-11-21)16-19-6-12-22(13-7-19)25(23-4-2-14-26-23)24-5-3-15-27-24/h2-15,17-18,25-27H,16H2,1H3. The van der Waals surface area contributed by atoms with Crippen molar-refractivity contribution < 1.29 is 4.79 Å². The number of H-pyrrole nitrogens is 2. The number of aromatic nitrogens is 2. The molecule has 0 radical (unpaired) electrons. The highest BCUT2D eigenvalue weighted by molar-refractivity contribution is 5.74. The van der Waals surface area contributed by atoms with Crippen molar-refractivity contribution in [1.82, 2.24) is 9.97 Å². The molecular weight excluding hydrogens is 344 g/mol. The summed E-state index contributed by atoms with van der Waals surface area (Å²) < 4.78 is 0. The summed E-state index contributed by atoms with van der Waals surface area (Å²) in [6, 6.07) is 25.1. The van der Waals surface area contributed by atoms with E-state index in [2.05, 4.69) is 65.4 Å². The average Bonchev–Trinajstić information content (AvgIpc) is 3.44. The molecule has 4 rings (SSSR count). The zero-order chi connectivity index (χ0) is 19.3. The molecule has 0 saturated carbocycles. The number of hydrogen-bond acceptors (Lipinski definition) is 1. The number of aldehydes is 1. The topological polar surface area (TPSA) is 48.6 Å². The first-order valence-corrected chi connectivity index (χ1v) is 9.65. The fourth-order valence-electron chi connectivity index (χ4n) is 3.79. The van der Waals surface area contributed by atoms with Crippen LogP contribution in [0.2, 0.25) is 0 Å². The zero-order valence-corrected chi connectivity index (χ0v) is 15.9. The minimum atomic E-state index is 0.173. The largest absolute Gasteiger partial charge is 0.364 e. The third-order valence-electron chi connectivity index (χ3n) is 5.36. The van der Waals surface area contributed by atoms with Crippen molar-refractivity contribution in [2.45, 2.75) is 25.2 Å². The Balaban J connectivity index is 1.53. The lowest BCUT2D eigenvalue weighted by atomic mass is 9.89. The minimum absolute atomic E-state index is 0.173. The monoisotopic (exact) mass is 368 g/mol. The number of carbonyl (C=O) groups excluding carboxylic acids is 1. The van der Waals surface area contributed by atoms with E-state index in [4.69, 9.17) is 0 Å². The van der Waals surface area contributed by atoms with E-state index < -0.39 is 0 Å². The Morgan fingerprint density at radius 3 is 1.86 bits per heavy atom. The van der Waals surface area contributed by atoms with Crippen LogP contribution in [0.15, 0.2) is 85.2 Å². The lowest BCUT2D eigenvalue weighted by molar-refractivity contribution is 0.112. The van der Waals surface area contributed by atoms with Gasteiger partial charge in [-0.25, -0.2) is 0 Å². The molecule has 28 heavy (non-hydrogen) atoms. The number of hydrogen-bond donors (Lipinski definition) is 2. The summed E-state index contributed by atoms with van der Waals surface area (Å²) in [7, 11) is 0. The predicted molar refractivity (Wildman–Crippen MR) is 113 cm³/mol. The first-order valence-electron chi connectivity index (χ1n) is 9.65. The van der Waals surface area contributed by atoms with Crippen LogP contribution in [0.1, 0.15) is 57.2 Å². The highest BCUT2D eigenvalue weighted by Crippen LogP contribution is 2.30. The van der Waals surface area contributed by atoms with E-state index >= 15 is 0 Å². The number of nitrogens with one attached hydrogen (secondary N) is 2. The molecule has 3 nitrogen and oxygen atoms in total. The molecule has 2 aromatic carbocycles. The second kappa shape index (κ2) is 8.13. The molecule has 2 N–H and O–H groups in total. The van der Waals surface area contributed by atoms with Crippen LogP contribution in [0, 0.1) is 0 Å². The molecule has 0 saturated heterocycles. The van der Waals surface area contributed by atoms with E-state index in [-0.39, 0.29) is 5.92 Å². The fourth-order valence-corrected chi connectivity index (χ4v) is 3.79. The van der Waals surface area contributed by atoms with E-state index in [0.717, 1.165) is 18.3 Å². The molecule has 1 atom stereocenters. The van der Waals surface area contributed by atoms with Gasteiger partial charge in [0.2, 0.25) is 0 Å². The van der Waals surface area contributed by atoms with Gasteiger partial charge < -0.3 is 9.97 Å². The number of carbonyl (C=O) groups is 1. The summed E-state index contributed by atoms with van der Waals surface area (Å²) in [6.45, 7) is 2.23. The summed E-state index contributed by atoms with van der Waals surface area (Å²) >= 11 is 0. The SMILES string of the molecule is CC(Cc1ccc(C(c2ccc[nH]2)c2ccc[nH]2)cc1)c1ccc(C=O)cc1. The Labute approximate surface area is 165 Å². The average molecular weight is 368 g/mol. The summed E-state index contributed by atoms with van der Waals surface area (Å²) in [4.78, 5) is 17.5. The van der Waals surface area contributed by atoms with Gasteiger partial charge in [-0.3, -0.25) is 4.79 Å². The molecule has 1 unspecified atom stereocenters. The van der Waals surface area contributed by atoms with Gasteiger partial charge in [0.05, 0.1) is 5.92 Å². The lowest BCUT2D eigenvalue weighted by Crippen LogP contribution is -2.05. The molecule has 0 fully saturated rings. The molecule has 2 heterocycles. The Kier molecular flexibility index (Phi) is 5.24. The predicted octanol–water partition coefficient (Wildman–Crippen LogP) is 5.68. The molecule has 140 valence electrons. The molecule has 0 spiro atoms. The number of benzene rings is 2. The Morgan fingerprint density at radius 1 is 0.786 bits per heavy atom. The van der Waals surface area contributed by atoms with Crippen LogP contribution >= 0.6 is 0 Å². The van der Waals surface area contributed by atoms with Crippen molar-refractivity contribution in [2.24, 2.45) is 0 Å². The van der Waals surface area contributed by atoms with Gasteiger partial charge in [-0.2, -0.15) is 0 Å².